The summed E-state index contributed by atoms with van der Waals surface area (Å²) < 4.78 is 4.94. The molecule has 18 heavy (non-hydrogen) atoms. The maximum atomic E-state index is 12.1. The number of esters is 1. The Kier molecular flexibility index (Phi) is 6.05. The Balaban J connectivity index is 2.68. The quantitative estimate of drug-likeness (QED) is 0.549. The van der Waals surface area contributed by atoms with Crippen LogP contribution in [0.2, 0.25) is 0 Å². The molecule has 1 aromatic rings. The second-order valence-corrected chi connectivity index (χ2v) is 4.10. The number of aromatic nitrogens is 1. The van der Waals surface area contributed by atoms with Gasteiger partial charge in [-0.15, -0.1) is 0 Å². The Labute approximate surface area is 107 Å². The standard InChI is InChI=1S/C14H19NO3/c1-3-6-12(14(17)18-4-2)13(16)9-11-7-5-8-15-10-11/h5,7-8,10,12H,3-4,6,9H2,1-2H3. The molecule has 0 amide bonds. The van der Waals surface area contributed by atoms with E-state index in [1.807, 2.05) is 13.0 Å². The van der Waals surface area contributed by atoms with Crippen molar-refractivity contribution in [1.82, 2.24) is 4.98 Å². The van der Waals surface area contributed by atoms with E-state index < -0.39 is 11.9 Å². The molecule has 0 aliphatic rings. The normalized spacial score (nSPS) is 11.9. The molecule has 1 atom stereocenters. The number of carbonyl (C=O) groups is 2. The highest BCUT2D eigenvalue weighted by Gasteiger charge is 2.26. The van der Waals surface area contributed by atoms with Crippen molar-refractivity contribution in [2.24, 2.45) is 5.92 Å². The molecule has 0 aliphatic carbocycles. The van der Waals surface area contributed by atoms with Gasteiger partial charge in [0.25, 0.3) is 0 Å². The van der Waals surface area contributed by atoms with Crippen molar-refractivity contribution < 1.29 is 14.3 Å². The number of Topliss-reactive ketones (excluding diaryl/α,β-unsaturated/α-hetero) is 1. The van der Waals surface area contributed by atoms with Crippen molar-refractivity contribution in [2.75, 3.05) is 6.61 Å². The van der Waals surface area contributed by atoms with Crippen LogP contribution in [-0.2, 0) is 20.7 Å². The molecule has 1 unspecified atom stereocenters. The van der Waals surface area contributed by atoms with Crippen molar-refractivity contribution >= 4 is 11.8 Å². The van der Waals surface area contributed by atoms with E-state index in [9.17, 15) is 9.59 Å². The first-order valence-electron chi connectivity index (χ1n) is 6.27. The van der Waals surface area contributed by atoms with Crippen LogP contribution >= 0.6 is 0 Å². The first kappa shape index (κ1) is 14.4. The number of nitrogens with zero attached hydrogens (tertiary/aromatic N) is 1. The smallest absolute Gasteiger partial charge is 0.316 e. The average Bonchev–Trinajstić information content (AvgIpc) is 2.37. The zero-order valence-electron chi connectivity index (χ0n) is 10.9. The van der Waals surface area contributed by atoms with Gasteiger partial charge >= 0.3 is 5.97 Å². The van der Waals surface area contributed by atoms with Crippen molar-refractivity contribution in [3.8, 4) is 0 Å². The van der Waals surface area contributed by atoms with E-state index in [2.05, 4.69) is 4.98 Å². The van der Waals surface area contributed by atoms with Gasteiger partial charge in [0.1, 0.15) is 5.92 Å². The lowest BCUT2D eigenvalue weighted by molar-refractivity contribution is -0.151. The summed E-state index contributed by atoms with van der Waals surface area (Å²) in [6.45, 7) is 4.00. The molecule has 0 radical (unpaired) electrons. The van der Waals surface area contributed by atoms with Gasteiger partial charge in [0.15, 0.2) is 5.78 Å². The molecule has 0 spiro atoms. The molecule has 0 aromatic carbocycles. The largest absolute Gasteiger partial charge is 0.465 e. The average molecular weight is 249 g/mol. The van der Waals surface area contributed by atoms with Gasteiger partial charge in [-0.3, -0.25) is 14.6 Å². The van der Waals surface area contributed by atoms with E-state index in [0.717, 1.165) is 12.0 Å². The summed E-state index contributed by atoms with van der Waals surface area (Å²) in [6.07, 6.45) is 4.85. The summed E-state index contributed by atoms with van der Waals surface area (Å²) in [5.41, 5.74) is 0.827. The second kappa shape index (κ2) is 7.58. The van der Waals surface area contributed by atoms with E-state index in [1.165, 1.54) is 0 Å². The lowest BCUT2D eigenvalue weighted by Crippen LogP contribution is -2.27. The molecular formula is C14H19NO3. The predicted molar refractivity (Wildman–Crippen MR) is 68.0 cm³/mol. The molecular weight excluding hydrogens is 230 g/mol. The molecule has 0 N–H and O–H groups in total. The van der Waals surface area contributed by atoms with Crippen LogP contribution in [0.1, 0.15) is 32.3 Å². The van der Waals surface area contributed by atoms with E-state index in [1.54, 1.807) is 25.4 Å². The Morgan fingerprint density at radius 2 is 2.17 bits per heavy atom. The minimum Gasteiger partial charge on any atom is -0.465 e. The highest BCUT2D eigenvalue weighted by Crippen LogP contribution is 2.13. The SMILES string of the molecule is CCCC(C(=O)Cc1cccnc1)C(=O)OCC. The van der Waals surface area contributed by atoms with E-state index in [-0.39, 0.29) is 12.2 Å². The number of carbonyl (C=O) groups excluding carboxylic acids is 2. The Bertz CT molecular complexity index is 389. The maximum Gasteiger partial charge on any atom is 0.316 e. The molecule has 98 valence electrons. The third-order valence-corrected chi connectivity index (χ3v) is 2.64. The lowest BCUT2D eigenvalue weighted by atomic mass is 9.94. The molecule has 1 rings (SSSR count). The molecule has 0 saturated heterocycles. The molecule has 0 aliphatic heterocycles. The summed E-state index contributed by atoms with van der Waals surface area (Å²) in [7, 11) is 0. The first-order chi connectivity index (χ1) is 8.69. The van der Waals surface area contributed by atoms with Gasteiger partial charge in [-0.1, -0.05) is 19.4 Å². The fourth-order valence-electron chi connectivity index (χ4n) is 1.77. The van der Waals surface area contributed by atoms with Gasteiger partial charge in [0.2, 0.25) is 0 Å². The molecule has 0 saturated carbocycles. The Morgan fingerprint density at radius 3 is 2.72 bits per heavy atom. The summed E-state index contributed by atoms with van der Waals surface area (Å²) >= 11 is 0. The summed E-state index contributed by atoms with van der Waals surface area (Å²) in [5.74, 6) is -1.15. The number of hydrogen-bond donors (Lipinski definition) is 0. The minimum absolute atomic E-state index is 0.0942. The summed E-state index contributed by atoms with van der Waals surface area (Å²) in [4.78, 5) is 27.8. The first-order valence-corrected chi connectivity index (χ1v) is 6.27. The van der Waals surface area contributed by atoms with Crippen LogP contribution in [0.5, 0.6) is 0 Å². The number of pyridine rings is 1. The summed E-state index contributed by atoms with van der Waals surface area (Å²) in [5, 5.41) is 0. The fourth-order valence-corrected chi connectivity index (χ4v) is 1.77. The van der Waals surface area contributed by atoms with Gasteiger partial charge < -0.3 is 4.74 Å². The van der Waals surface area contributed by atoms with Crippen molar-refractivity contribution in [3.63, 3.8) is 0 Å². The number of ketones is 1. The monoisotopic (exact) mass is 249 g/mol. The van der Waals surface area contributed by atoms with E-state index >= 15 is 0 Å². The van der Waals surface area contributed by atoms with Crippen LogP contribution in [0.25, 0.3) is 0 Å². The van der Waals surface area contributed by atoms with Crippen LogP contribution < -0.4 is 0 Å². The Morgan fingerprint density at radius 1 is 1.39 bits per heavy atom. The van der Waals surface area contributed by atoms with E-state index in [0.29, 0.717) is 13.0 Å². The summed E-state index contributed by atoms with van der Waals surface area (Å²) in [6, 6.07) is 3.61. The number of ether oxygens (including phenoxy) is 1. The third-order valence-electron chi connectivity index (χ3n) is 2.64. The molecule has 0 fully saturated rings. The topological polar surface area (TPSA) is 56.3 Å². The fraction of sp³-hybridized carbons (Fsp3) is 0.500. The van der Waals surface area contributed by atoms with Crippen molar-refractivity contribution in [2.45, 2.75) is 33.1 Å². The highest BCUT2D eigenvalue weighted by molar-refractivity contribution is 5.99. The van der Waals surface area contributed by atoms with Crippen LogP contribution in [0.3, 0.4) is 0 Å². The van der Waals surface area contributed by atoms with Gasteiger partial charge in [0.05, 0.1) is 6.61 Å². The van der Waals surface area contributed by atoms with Gasteiger partial charge in [-0.25, -0.2) is 0 Å². The molecule has 1 aromatic heterocycles. The minimum atomic E-state index is -0.643. The number of rotatable bonds is 7. The van der Waals surface area contributed by atoms with Gasteiger partial charge in [0, 0.05) is 18.8 Å². The lowest BCUT2D eigenvalue weighted by Gasteiger charge is -2.13. The van der Waals surface area contributed by atoms with Gasteiger partial charge in [-0.05, 0) is 25.0 Å². The zero-order chi connectivity index (χ0) is 13.4. The van der Waals surface area contributed by atoms with Crippen LogP contribution in [0.15, 0.2) is 24.5 Å². The van der Waals surface area contributed by atoms with Crippen LogP contribution in [0.4, 0.5) is 0 Å². The van der Waals surface area contributed by atoms with E-state index in [4.69, 9.17) is 4.74 Å². The second-order valence-electron chi connectivity index (χ2n) is 4.10. The van der Waals surface area contributed by atoms with Gasteiger partial charge in [-0.2, -0.15) is 0 Å². The van der Waals surface area contributed by atoms with Crippen molar-refractivity contribution in [3.05, 3.63) is 30.1 Å². The van der Waals surface area contributed by atoms with Crippen LogP contribution in [0, 0.1) is 5.92 Å². The third kappa shape index (κ3) is 4.28. The van der Waals surface area contributed by atoms with Crippen molar-refractivity contribution in [1.29, 1.82) is 0 Å². The number of hydrogen-bond acceptors (Lipinski definition) is 4. The maximum absolute atomic E-state index is 12.1. The molecule has 4 heteroatoms. The Hall–Kier alpha value is -1.71. The zero-order valence-corrected chi connectivity index (χ0v) is 10.9. The predicted octanol–water partition coefficient (Wildman–Crippen LogP) is 2.17. The van der Waals surface area contributed by atoms with Crippen LogP contribution in [-0.4, -0.2) is 23.3 Å². The molecule has 1 heterocycles. The molecule has 4 nitrogen and oxygen atoms in total. The molecule has 0 bridgehead atoms. The highest BCUT2D eigenvalue weighted by atomic mass is 16.5.